The van der Waals surface area contributed by atoms with E-state index in [0.29, 0.717) is 5.69 Å². The molecule has 1 unspecified atom stereocenters. The van der Waals surface area contributed by atoms with Crippen LogP contribution < -0.4 is 5.32 Å². The molecule has 1 aliphatic rings. The van der Waals surface area contributed by atoms with Gasteiger partial charge in [-0.15, -0.1) is 0 Å². The predicted molar refractivity (Wildman–Crippen MR) is 72.5 cm³/mol. The quantitative estimate of drug-likeness (QED) is 0.775. The number of hydrogen-bond donors (Lipinski definition) is 2. The highest BCUT2D eigenvalue weighted by Gasteiger charge is 2.35. The van der Waals surface area contributed by atoms with Crippen LogP contribution in [0.3, 0.4) is 0 Å². The molecule has 2 amide bonds. The van der Waals surface area contributed by atoms with Crippen LogP contribution in [0.15, 0.2) is 18.7 Å². The van der Waals surface area contributed by atoms with Crippen molar-refractivity contribution in [3.05, 3.63) is 18.7 Å². The number of aromatic nitrogens is 2. The molecule has 0 saturated carbocycles. The van der Waals surface area contributed by atoms with Crippen LogP contribution in [-0.4, -0.2) is 64.5 Å². The Morgan fingerprint density at radius 1 is 1.38 bits per heavy atom. The first-order valence-electron chi connectivity index (χ1n) is 6.12. The van der Waals surface area contributed by atoms with E-state index in [1.165, 1.54) is 23.6 Å². The van der Waals surface area contributed by atoms with Gasteiger partial charge >= 0.3 is 12.0 Å². The van der Waals surface area contributed by atoms with E-state index in [0.717, 1.165) is 0 Å². The number of carbonyl (C=O) groups excluding carboxylic acids is 1. The molecule has 114 valence electrons. The normalized spacial score (nSPS) is 20.8. The van der Waals surface area contributed by atoms with Crippen molar-refractivity contribution in [3.63, 3.8) is 0 Å². The van der Waals surface area contributed by atoms with Crippen molar-refractivity contribution in [1.29, 1.82) is 0 Å². The van der Waals surface area contributed by atoms with Crippen molar-refractivity contribution in [2.45, 2.75) is 12.5 Å². The standard InChI is InChI=1S/C11H14N4O5S/c16-10(17)3-9-6-21(19,20)2-1-15(9)11(18)14-8-4-12-7-13-5-8/h4-5,7,9H,1-3,6H2,(H,14,18)(H,16,17). The third kappa shape index (κ3) is 4.12. The summed E-state index contributed by atoms with van der Waals surface area (Å²) in [4.78, 5) is 31.7. The zero-order chi connectivity index (χ0) is 15.5. The smallest absolute Gasteiger partial charge is 0.322 e. The van der Waals surface area contributed by atoms with Crippen molar-refractivity contribution in [1.82, 2.24) is 14.9 Å². The molecule has 0 aliphatic carbocycles. The summed E-state index contributed by atoms with van der Waals surface area (Å²) in [5.41, 5.74) is 0.352. The predicted octanol–water partition coefficient (Wildman–Crippen LogP) is -0.418. The largest absolute Gasteiger partial charge is 0.481 e. The Hall–Kier alpha value is -2.23. The highest BCUT2D eigenvalue weighted by molar-refractivity contribution is 7.91. The number of amides is 2. The molecule has 10 heteroatoms. The van der Waals surface area contributed by atoms with Crippen LogP contribution >= 0.6 is 0 Å². The Balaban J connectivity index is 2.11. The van der Waals surface area contributed by atoms with E-state index in [4.69, 9.17) is 5.11 Å². The zero-order valence-corrected chi connectivity index (χ0v) is 11.8. The summed E-state index contributed by atoms with van der Waals surface area (Å²) in [7, 11) is -3.33. The number of carboxylic acids is 1. The third-order valence-electron chi connectivity index (χ3n) is 3.01. The summed E-state index contributed by atoms with van der Waals surface area (Å²) < 4.78 is 23.2. The van der Waals surface area contributed by atoms with E-state index in [1.807, 2.05) is 0 Å². The van der Waals surface area contributed by atoms with Crippen LogP contribution in [0, 0.1) is 0 Å². The Morgan fingerprint density at radius 3 is 2.67 bits per heavy atom. The molecule has 2 heterocycles. The number of rotatable bonds is 3. The molecule has 1 saturated heterocycles. The van der Waals surface area contributed by atoms with E-state index in [2.05, 4.69) is 15.3 Å². The molecule has 0 spiro atoms. The van der Waals surface area contributed by atoms with Crippen LogP contribution in [0.1, 0.15) is 6.42 Å². The van der Waals surface area contributed by atoms with Crippen LogP contribution in [0.2, 0.25) is 0 Å². The molecule has 1 aliphatic heterocycles. The van der Waals surface area contributed by atoms with Gasteiger partial charge in [0.2, 0.25) is 0 Å². The van der Waals surface area contributed by atoms with Crippen LogP contribution in [0.4, 0.5) is 10.5 Å². The maximum Gasteiger partial charge on any atom is 0.322 e. The number of urea groups is 1. The minimum atomic E-state index is -3.33. The van der Waals surface area contributed by atoms with Gasteiger partial charge in [0.1, 0.15) is 6.33 Å². The van der Waals surface area contributed by atoms with Crippen molar-refractivity contribution in [2.75, 3.05) is 23.4 Å². The van der Waals surface area contributed by atoms with Crippen LogP contribution in [0.25, 0.3) is 0 Å². The Kier molecular flexibility index (Phi) is 4.36. The Labute approximate surface area is 120 Å². The van der Waals surface area contributed by atoms with Gasteiger partial charge in [0, 0.05) is 6.54 Å². The van der Waals surface area contributed by atoms with Gasteiger partial charge in [0.05, 0.1) is 42.0 Å². The van der Waals surface area contributed by atoms with Crippen molar-refractivity contribution in [2.24, 2.45) is 0 Å². The summed E-state index contributed by atoms with van der Waals surface area (Å²) in [5.74, 6) is -1.68. The minimum absolute atomic E-state index is 0.0419. The number of nitrogens with one attached hydrogen (secondary N) is 1. The Morgan fingerprint density at radius 2 is 2.05 bits per heavy atom. The summed E-state index contributed by atoms with van der Waals surface area (Å²) in [5, 5.41) is 11.4. The number of sulfone groups is 1. The second-order valence-electron chi connectivity index (χ2n) is 4.62. The molecule has 2 N–H and O–H groups in total. The monoisotopic (exact) mass is 314 g/mol. The fourth-order valence-electron chi connectivity index (χ4n) is 2.08. The summed E-state index contributed by atoms with van der Waals surface area (Å²) in [6.45, 7) is -0.0419. The van der Waals surface area contributed by atoms with E-state index in [1.54, 1.807) is 0 Å². The molecule has 1 atom stereocenters. The highest BCUT2D eigenvalue weighted by atomic mass is 32.2. The zero-order valence-electron chi connectivity index (χ0n) is 11.0. The number of nitrogens with zero attached hydrogens (tertiary/aromatic N) is 3. The summed E-state index contributed by atoms with van der Waals surface area (Å²) >= 11 is 0. The summed E-state index contributed by atoms with van der Waals surface area (Å²) in [6, 6.07) is -1.45. The van der Waals surface area contributed by atoms with Gasteiger partial charge in [-0.3, -0.25) is 4.79 Å². The lowest BCUT2D eigenvalue weighted by Gasteiger charge is -2.34. The number of carboxylic acid groups (broad SMARTS) is 1. The van der Waals surface area contributed by atoms with Gasteiger partial charge in [0.15, 0.2) is 9.84 Å². The highest BCUT2D eigenvalue weighted by Crippen LogP contribution is 2.16. The van der Waals surface area contributed by atoms with Crippen LogP contribution in [-0.2, 0) is 14.6 Å². The maximum atomic E-state index is 12.1. The van der Waals surface area contributed by atoms with E-state index in [9.17, 15) is 18.0 Å². The Bertz CT molecular complexity index is 633. The fourth-order valence-corrected chi connectivity index (χ4v) is 3.61. The first kappa shape index (κ1) is 15.2. The fraction of sp³-hybridized carbons (Fsp3) is 0.455. The molecule has 1 aromatic heterocycles. The van der Waals surface area contributed by atoms with Crippen LogP contribution in [0.5, 0.6) is 0 Å². The molecule has 2 rings (SSSR count). The molecule has 0 radical (unpaired) electrons. The average Bonchev–Trinajstić information content (AvgIpc) is 2.38. The van der Waals surface area contributed by atoms with E-state index >= 15 is 0 Å². The molecule has 9 nitrogen and oxygen atoms in total. The molecule has 0 bridgehead atoms. The number of aliphatic carboxylic acids is 1. The van der Waals surface area contributed by atoms with Gasteiger partial charge in [0.25, 0.3) is 0 Å². The lowest BCUT2D eigenvalue weighted by molar-refractivity contribution is -0.137. The van der Waals surface area contributed by atoms with Crippen molar-refractivity contribution < 1.29 is 23.1 Å². The molecular formula is C11H14N4O5S. The number of hydrogen-bond acceptors (Lipinski definition) is 6. The molecule has 21 heavy (non-hydrogen) atoms. The first-order valence-corrected chi connectivity index (χ1v) is 7.94. The van der Waals surface area contributed by atoms with Gasteiger partial charge in [-0.2, -0.15) is 0 Å². The van der Waals surface area contributed by atoms with E-state index < -0.39 is 34.3 Å². The average molecular weight is 314 g/mol. The summed E-state index contributed by atoms with van der Waals surface area (Å²) in [6.07, 6.45) is 3.66. The van der Waals surface area contributed by atoms with Crippen molar-refractivity contribution in [3.8, 4) is 0 Å². The number of anilines is 1. The molecule has 1 fully saturated rings. The van der Waals surface area contributed by atoms with Gasteiger partial charge < -0.3 is 15.3 Å². The van der Waals surface area contributed by atoms with Gasteiger partial charge in [-0.05, 0) is 0 Å². The van der Waals surface area contributed by atoms with Gasteiger partial charge in [-0.25, -0.2) is 23.2 Å². The van der Waals surface area contributed by atoms with E-state index in [-0.39, 0.29) is 18.1 Å². The lowest BCUT2D eigenvalue weighted by atomic mass is 10.2. The first-order chi connectivity index (χ1) is 9.87. The second-order valence-corrected chi connectivity index (χ2v) is 6.85. The second kappa shape index (κ2) is 6.04. The molecule has 1 aromatic rings. The van der Waals surface area contributed by atoms with Gasteiger partial charge in [-0.1, -0.05) is 0 Å². The maximum absolute atomic E-state index is 12.1. The third-order valence-corrected chi connectivity index (χ3v) is 4.71. The minimum Gasteiger partial charge on any atom is -0.481 e. The van der Waals surface area contributed by atoms with Crippen molar-refractivity contribution >= 4 is 27.5 Å². The molecular weight excluding hydrogens is 300 g/mol. The molecule has 0 aromatic carbocycles. The number of carbonyl (C=O) groups is 2. The SMILES string of the molecule is O=C(O)CC1CS(=O)(=O)CCN1C(=O)Nc1cncnc1. The lowest BCUT2D eigenvalue weighted by Crippen LogP contribution is -2.53. The topological polar surface area (TPSA) is 130 Å².